The molecule has 0 radical (unpaired) electrons. The Hall–Kier alpha value is -2.95. The number of aromatic carboxylic acids is 2. The van der Waals surface area contributed by atoms with Gasteiger partial charge in [0.15, 0.2) is 5.78 Å². The Morgan fingerprint density at radius 1 is 0.810 bits per heavy atom. The van der Waals surface area contributed by atoms with Crippen molar-refractivity contribution in [1.82, 2.24) is 0 Å². The largest absolute Gasteiger partial charge is 0.478 e. The second-order valence-corrected chi connectivity index (χ2v) is 4.51. The molecule has 106 valence electrons. The first-order valence-corrected chi connectivity index (χ1v) is 6.12. The van der Waals surface area contributed by atoms with E-state index in [1.54, 1.807) is 19.1 Å². The molecule has 0 aliphatic carbocycles. The maximum absolute atomic E-state index is 12.4. The van der Waals surface area contributed by atoms with Gasteiger partial charge in [0, 0.05) is 11.1 Å². The van der Waals surface area contributed by atoms with Gasteiger partial charge in [-0.15, -0.1) is 0 Å². The molecule has 0 aliphatic rings. The van der Waals surface area contributed by atoms with Gasteiger partial charge in [0.2, 0.25) is 0 Å². The van der Waals surface area contributed by atoms with Gasteiger partial charge in [-0.25, -0.2) is 9.59 Å². The van der Waals surface area contributed by atoms with Crippen LogP contribution in [0.25, 0.3) is 0 Å². The first-order chi connectivity index (χ1) is 9.91. The van der Waals surface area contributed by atoms with E-state index in [0.717, 1.165) is 0 Å². The standard InChI is InChI=1S/C16H12O5/c1-9-8-10(6-7-11(9)15(18)19)14(17)12-4-2-3-5-13(12)16(20)21/h2-8H,1H3,(H,18,19)(H,20,21). The lowest BCUT2D eigenvalue weighted by atomic mass is 9.96. The van der Waals surface area contributed by atoms with Crippen LogP contribution in [0.4, 0.5) is 0 Å². The summed E-state index contributed by atoms with van der Waals surface area (Å²) >= 11 is 0. The third kappa shape index (κ3) is 2.81. The van der Waals surface area contributed by atoms with E-state index in [-0.39, 0.29) is 22.3 Å². The van der Waals surface area contributed by atoms with Crippen LogP contribution in [0.3, 0.4) is 0 Å². The molecule has 0 atom stereocenters. The van der Waals surface area contributed by atoms with E-state index >= 15 is 0 Å². The molecule has 0 spiro atoms. The summed E-state index contributed by atoms with van der Waals surface area (Å²) < 4.78 is 0. The van der Waals surface area contributed by atoms with Crippen molar-refractivity contribution in [3.8, 4) is 0 Å². The maximum atomic E-state index is 12.4. The van der Waals surface area contributed by atoms with Gasteiger partial charge in [-0.05, 0) is 30.7 Å². The summed E-state index contributed by atoms with van der Waals surface area (Å²) in [6.45, 7) is 1.59. The number of rotatable bonds is 4. The Labute approximate surface area is 120 Å². The number of hydrogen-bond acceptors (Lipinski definition) is 3. The molecular weight excluding hydrogens is 272 g/mol. The van der Waals surface area contributed by atoms with E-state index < -0.39 is 17.7 Å². The molecule has 0 aromatic heterocycles. The average molecular weight is 284 g/mol. The maximum Gasteiger partial charge on any atom is 0.336 e. The zero-order chi connectivity index (χ0) is 15.6. The second-order valence-electron chi connectivity index (χ2n) is 4.51. The van der Waals surface area contributed by atoms with Crippen molar-refractivity contribution in [3.63, 3.8) is 0 Å². The fourth-order valence-corrected chi connectivity index (χ4v) is 2.07. The van der Waals surface area contributed by atoms with Crippen LogP contribution in [0.5, 0.6) is 0 Å². The minimum absolute atomic E-state index is 0.0764. The molecule has 0 bridgehead atoms. The van der Waals surface area contributed by atoms with E-state index in [1.807, 2.05) is 0 Å². The van der Waals surface area contributed by atoms with Gasteiger partial charge >= 0.3 is 11.9 Å². The third-order valence-electron chi connectivity index (χ3n) is 3.12. The fourth-order valence-electron chi connectivity index (χ4n) is 2.07. The number of ketones is 1. The first kappa shape index (κ1) is 14.5. The highest BCUT2D eigenvalue weighted by Gasteiger charge is 2.18. The van der Waals surface area contributed by atoms with E-state index in [4.69, 9.17) is 10.2 Å². The number of aryl methyl sites for hydroxylation is 1. The molecule has 0 saturated carbocycles. The topological polar surface area (TPSA) is 91.7 Å². The summed E-state index contributed by atoms with van der Waals surface area (Å²) in [5, 5.41) is 18.1. The number of carboxylic acid groups (broad SMARTS) is 2. The molecule has 2 rings (SSSR count). The molecule has 2 N–H and O–H groups in total. The zero-order valence-electron chi connectivity index (χ0n) is 11.2. The number of hydrogen-bond donors (Lipinski definition) is 2. The summed E-state index contributed by atoms with van der Waals surface area (Å²) in [4.78, 5) is 34.5. The molecule has 2 aromatic carbocycles. The smallest absolute Gasteiger partial charge is 0.336 e. The zero-order valence-corrected chi connectivity index (χ0v) is 11.2. The minimum atomic E-state index is -1.18. The Morgan fingerprint density at radius 3 is 1.90 bits per heavy atom. The lowest BCUT2D eigenvalue weighted by Gasteiger charge is -2.07. The van der Waals surface area contributed by atoms with Gasteiger partial charge in [0.25, 0.3) is 0 Å². The summed E-state index contributed by atoms with van der Waals surface area (Å²) in [5.41, 5.74) is 0.806. The van der Waals surface area contributed by atoms with Gasteiger partial charge in [0.05, 0.1) is 11.1 Å². The summed E-state index contributed by atoms with van der Waals surface area (Å²) in [5.74, 6) is -2.71. The Balaban J connectivity index is 2.49. The van der Waals surface area contributed by atoms with E-state index in [2.05, 4.69) is 0 Å². The van der Waals surface area contributed by atoms with Crippen LogP contribution >= 0.6 is 0 Å². The van der Waals surface area contributed by atoms with Crippen molar-refractivity contribution >= 4 is 17.7 Å². The van der Waals surface area contributed by atoms with Gasteiger partial charge in [-0.2, -0.15) is 0 Å². The van der Waals surface area contributed by atoms with Crippen LogP contribution in [-0.4, -0.2) is 27.9 Å². The van der Waals surface area contributed by atoms with E-state index in [1.165, 1.54) is 30.3 Å². The Morgan fingerprint density at radius 2 is 1.38 bits per heavy atom. The van der Waals surface area contributed by atoms with Crippen molar-refractivity contribution < 1.29 is 24.6 Å². The van der Waals surface area contributed by atoms with Crippen LogP contribution < -0.4 is 0 Å². The van der Waals surface area contributed by atoms with Crippen LogP contribution in [-0.2, 0) is 0 Å². The summed E-state index contributed by atoms with van der Waals surface area (Å²) in [7, 11) is 0. The molecule has 0 unspecified atom stereocenters. The van der Waals surface area contributed by atoms with E-state index in [9.17, 15) is 14.4 Å². The second kappa shape index (κ2) is 5.58. The summed E-state index contributed by atoms with van der Waals surface area (Å²) in [6, 6.07) is 10.1. The third-order valence-corrected chi connectivity index (χ3v) is 3.12. The fraction of sp³-hybridized carbons (Fsp3) is 0.0625. The van der Waals surface area contributed by atoms with Gasteiger partial charge in [-0.1, -0.05) is 24.3 Å². The number of carboxylic acids is 2. The molecule has 5 nitrogen and oxygen atoms in total. The predicted octanol–water partition coefficient (Wildman–Crippen LogP) is 2.62. The monoisotopic (exact) mass is 284 g/mol. The lowest BCUT2D eigenvalue weighted by Crippen LogP contribution is -2.10. The summed E-state index contributed by atoms with van der Waals surface area (Å²) in [6.07, 6.45) is 0. The number of benzene rings is 2. The molecule has 0 fully saturated rings. The van der Waals surface area contributed by atoms with Crippen molar-refractivity contribution in [2.75, 3.05) is 0 Å². The SMILES string of the molecule is Cc1cc(C(=O)c2ccccc2C(=O)O)ccc1C(=O)O. The van der Waals surface area contributed by atoms with Gasteiger partial charge < -0.3 is 10.2 Å². The molecule has 0 amide bonds. The molecule has 5 heteroatoms. The molecular formula is C16H12O5. The van der Waals surface area contributed by atoms with Crippen LogP contribution in [0, 0.1) is 6.92 Å². The van der Waals surface area contributed by atoms with Gasteiger partial charge in [-0.3, -0.25) is 4.79 Å². The van der Waals surface area contributed by atoms with E-state index in [0.29, 0.717) is 5.56 Å². The molecule has 0 aliphatic heterocycles. The van der Waals surface area contributed by atoms with Crippen LogP contribution in [0.1, 0.15) is 42.2 Å². The van der Waals surface area contributed by atoms with Crippen molar-refractivity contribution in [2.45, 2.75) is 6.92 Å². The molecule has 21 heavy (non-hydrogen) atoms. The lowest BCUT2D eigenvalue weighted by molar-refractivity contribution is 0.0684. The minimum Gasteiger partial charge on any atom is -0.478 e. The Kier molecular flexibility index (Phi) is 3.84. The van der Waals surface area contributed by atoms with Crippen molar-refractivity contribution in [3.05, 3.63) is 70.3 Å². The predicted molar refractivity (Wildman–Crippen MR) is 75.0 cm³/mol. The van der Waals surface area contributed by atoms with Crippen molar-refractivity contribution in [2.24, 2.45) is 0 Å². The average Bonchev–Trinajstić information content (AvgIpc) is 2.45. The quantitative estimate of drug-likeness (QED) is 0.842. The number of carbonyl (C=O) groups is 3. The van der Waals surface area contributed by atoms with Gasteiger partial charge in [0.1, 0.15) is 0 Å². The van der Waals surface area contributed by atoms with Crippen LogP contribution in [0.2, 0.25) is 0 Å². The molecule has 2 aromatic rings. The first-order valence-electron chi connectivity index (χ1n) is 6.12. The Bertz CT molecular complexity index is 746. The molecule has 0 heterocycles. The highest BCUT2D eigenvalue weighted by atomic mass is 16.4. The highest BCUT2D eigenvalue weighted by molar-refractivity contribution is 6.14. The molecule has 0 saturated heterocycles. The van der Waals surface area contributed by atoms with Crippen molar-refractivity contribution in [1.29, 1.82) is 0 Å². The normalized spacial score (nSPS) is 10.1. The highest BCUT2D eigenvalue weighted by Crippen LogP contribution is 2.18. The van der Waals surface area contributed by atoms with Crippen LogP contribution in [0.15, 0.2) is 42.5 Å². The number of carbonyl (C=O) groups excluding carboxylic acids is 1.